The summed E-state index contributed by atoms with van der Waals surface area (Å²) < 4.78 is 5.17. The number of carboxylic acids is 1. The van der Waals surface area contributed by atoms with E-state index in [4.69, 9.17) is 9.84 Å². The number of ether oxygens (including phenoxy) is 1. The van der Waals surface area contributed by atoms with E-state index in [9.17, 15) is 4.79 Å². The van der Waals surface area contributed by atoms with Crippen LogP contribution in [0.4, 0.5) is 0 Å². The van der Waals surface area contributed by atoms with Crippen molar-refractivity contribution in [1.29, 1.82) is 0 Å². The van der Waals surface area contributed by atoms with Crippen LogP contribution in [-0.4, -0.2) is 24.3 Å². The molecular weight excluding hydrogens is 168 g/mol. The molecule has 13 heavy (non-hydrogen) atoms. The van der Waals surface area contributed by atoms with Crippen molar-refractivity contribution in [3.8, 4) is 0 Å². The van der Waals surface area contributed by atoms with E-state index in [1.807, 2.05) is 0 Å². The lowest BCUT2D eigenvalue weighted by molar-refractivity contribution is -0.212. The van der Waals surface area contributed by atoms with E-state index >= 15 is 0 Å². The maximum atomic E-state index is 11.1. The summed E-state index contributed by atoms with van der Waals surface area (Å²) in [6, 6.07) is 0. The van der Waals surface area contributed by atoms with Gasteiger partial charge in [0.15, 0.2) is 0 Å². The summed E-state index contributed by atoms with van der Waals surface area (Å²) in [6.45, 7) is 8.85. The van der Waals surface area contributed by atoms with Crippen LogP contribution in [0, 0.1) is 16.7 Å². The molecule has 0 radical (unpaired) electrons. The molecule has 3 nitrogen and oxygen atoms in total. The van der Waals surface area contributed by atoms with Crippen molar-refractivity contribution in [2.45, 2.75) is 27.7 Å². The molecular formula is C10H18O3. The Morgan fingerprint density at radius 2 is 1.92 bits per heavy atom. The van der Waals surface area contributed by atoms with Gasteiger partial charge in [0.25, 0.3) is 0 Å². The second-order valence-electron chi connectivity index (χ2n) is 4.73. The first-order valence-corrected chi connectivity index (χ1v) is 4.66. The number of hydrogen-bond donors (Lipinski definition) is 1. The highest BCUT2D eigenvalue weighted by atomic mass is 16.5. The maximum absolute atomic E-state index is 11.1. The second-order valence-corrected chi connectivity index (χ2v) is 4.73. The molecule has 0 spiro atoms. The Morgan fingerprint density at radius 1 is 1.46 bits per heavy atom. The summed E-state index contributed by atoms with van der Waals surface area (Å²) in [4.78, 5) is 11.1. The molecule has 0 amide bonds. The third-order valence-electron chi connectivity index (χ3n) is 3.60. The van der Waals surface area contributed by atoms with Crippen molar-refractivity contribution in [3.63, 3.8) is 0 Å². The van der Waals surface area contributed by atoms with Crippen LogP contribution in [0.25, 0.3) is 0 Å². The van der Waals surface area contributed by atoms with Crippen LogP contribution in [-0.2, 0) is 9.53 Å². The van der Waals surface area contributed by atoms with Crippen LogP contribution in [0.2, 0.25) is 0 Å². The Kier molecular flexibility index (Phi) is 2.41. The molecule has 1 N–H and O–H groups in total. The molecule has 1 fully saturated rings. The van der Waals surface area contributed by atoms with Gasteiger partial charge in [-0.05, 0) is 19.8 Å². The van der Waals surface area contributed by atoms with E-state index in [0.29, 0.717) is 19.1 Å². The average Bonchev–Trinajstić information content (AvgIpc) is 1.81. The Morgan fingerprint density at radius 3 is 2.00 bits per heavy atom. The molecule has 0 saturated carbocycles. The minimum atomic E-state index is -0.732. The van der Waals surface area contributed by atoms with Crippen LogP contribution in [0.15, 0.2) is 0 Å². The van der Waals surface area contributed by atoms with E-state index in [0.717, 1.165) is 0 Å². The van der Waals surface area contributed by atoms with E-state index in [2.05, 4.69) is 13.8 Å². The quantitative estimate of drug-likeness (QED) is 0.730. The van der Waals surface area contributed by atoms with E-state index in [1.165, 1.54) is 0 Å². The Balaban J connectivity index is 2.94. The van der Waals surface area contributed by atoms with E-state index in [1.54, 1.807) is 13.8 Å². The molecule has 1 heterocycles. The molecule has 0 aromatic heterocycles. The van der Waals surface area contributed by atoms with Crippen LogP contribution >= 0.6 is 0 Å². The molecule has 1 rings (SSSR count). The van der Waals surface area contributed by atoms with Crippen LogP contribution in [0.3, 0.4) is 0 Å². The molecule has 0 aromatic carbocycles. The monoisotopic (exact) mass is 186 g/mol. The van der Waals surface area contributed by atoms with Gasteiger partial charge in [0.1, 0.15) is 0 Å². The van der Waals surface area contributed by atoms with Gasteiger partial charge in [-0.15, -0.1) is 0 Å². The SMILES string of the molecule is CC(C)C1(C(C)(C)C(=O)O)COC1. The van der Waals surface area contributed by atoms with Crippen molar-refractivity contribution >= 4 is 5.97 Å². The molecule has 0 aromatic rings. The van der Waals surface area contributed by atoms with Gasteiger partial charge in [0.05, 0.1) is 18.6 Å². The fraction of sp³-hybridized carbons (Fsp3) is 0.900. The zero-order valence-electron chi connectivity index (χ0n) is 8.76. The standard InChI is InChI=1S/C10H18O3/c1-7(2)10(5-13-6-10)9(3,4)8(11)12/h7H,5-6H2,1-4H3,(H,11,12). The molecule has 1 aliphatic rings. The van der Waals surface area contributed by atoms with Gasteiger partial charge in [0, 0.05) is 5.41 Å². The summed E-state index contributed by atoms with van der Waals surface area (Å²) >= 11 is 0. The number of carboxylic acid groups (broad SMARTS) is 1. The van der Waals surface area contributed by atoms with Crippen molar-refractivity contribution in [2.75, 3.05) is 13.2 Å². The summed E-state index contributed by atoms with van der Waals surface area (Å²) in [5.74, 6) is -0.392. The fourth-order valence-corrected chi connectivity index (χ4v) is 1.95. The number of carbonyl (C=O) groups is 1. The minimum absolute atomic E-state index is 0.182. The zero-order chi connectivity index (χ0) is 10.3. The highest BCUT2D eigenvalue weighted by molar-refractivity contribution is 5.75. The predicted octanol–water partition coefficient (Wildman–Crippen LogP) is 1.77. The average molecular weight is 186 g/mol. The summed E-state index contributed by atoms with van der Waals surface area (Å²) in [7, 11) is 0. The normalized spacial score (nSPS) is 21.3. The van der Waals surface area contributed by atoms with Gasteiger partial charge in [0.2, 0.25) is 0 Å². The Labute approximate surface area is 79.1 Å². The minimum Gasteiger partial charge on any atom is -0.481 e. The first-order chi connectivity index (χ1) is 5.84. The van der Waals surface area contributed by atoms with Crippen molar-refractivity contribution in [2.24, 2.45) is 16.7 Å². The van der Waals surface area contributed by atoms with Gasteiger partial charge < -0.3 is 9.84 Å². The Hall–Kier alpha value is -0.570. The third kappa shape index (κ3) is 1.26. The van der Waals surface area contributed by atoms with Crippen LogP contribution < -0.4 is 0 Å². The number of aliphatic carboxylic acids is 1. The molecule has 0 aliphatic carbocycles. The van der Waals surface area contributed by atoms with Crippen LogP contribution in [0.1, 0.15) is 27.7 Å². The summed E-state index contributed by atoms with van der Waals surface area (Å²) in [5.41, 5.74) is -0.877. The van der Waals surface area contributed by atoms with Gasteiger partial charge in [-0.1, -0.05) is 13.8 Å². The van der Waals surface area contributed by atoms with E-state index < -0.39 is 11.4 Å². The lowest BCUT2D eigenvalue weighted by atomic mass is 9.58. The zero-order valence-corrected chi connectivity index (χ0v) is 8.76. The van der Waals surface area contributed by atoms with Crippen molar-refractivity contribution in [3.05, 3.63) is 0 Å². The van der Waals surface area contributed by atoms with Crippen molar-refractivity contribution < 1.29 is 14.6 Å². The fourth-order valence-electron chi connectivity index (χ4n) is 1.95. The summed E-state index contributed by atoms with van der Waals surface area (Å²) in [5, 5.41) is 9.14. The van der Waals surface area contributed by atoms with Gasteiger partial charge in [-0.2, -0.15) is 0 Å². The van der Waals surface area contributed by atoms with Gasteiger partial charge in [-0.25, -0.2) is 0 Å². The topological polar surface area (TPSA) is 46.5 Å². The van der Waals surface area contributed by atoms with Gasteiger partial charge >= 0.3 is 5.97 Å². The number of hydrogen-bond acceptors (Lipinski definition) is 2. The molecule has 1 aliphatic heterocycles. The third-order valence-corrected chi connectivity index (χ3v) is 3.60. The van der Waals surface area contributed by atoms with E-state index in [-0.39, 0.29) is 5.41 Å². The first kappa shape index (κ1) is 10.5. The lowest BCUT2D eigenvalue weighted by Crippen LogP contribution is -2.59. The molecule has 0 bridgehead atoms. The lowest BCUT2D eigenvalue weighted by Gasteiger charge is -2.53. The molecule has 1 saturated heterocycles. The second kappa shape index (κ2) is 2.98. The first-order valence-electron chi connectivity index (χ1n) is 4.66. The van der Waals surface area contributed by atoms with Crippen molar-refractivity contribution in [1.82, 2.24) is 0 Å². The Bertz CT molecular complexity index is 214. The summed E-state index contributed by atoms with van der Waals surface area (Å²) in [6.07, 6.45) is 0. The largest absolute Gasteiger partial charge is 0.481 e. The molecule has 0 unspecified atom stereocenters. The number of rotatable bonds is 3. The maximum Gasteiger partial charge on any atom is 0.309 e. The molecule has 0 atom stereocenters. The highest BCUT2D eigenvalue weighted by Gasteiger charge is 2.56. The molecule has 3 heteroatoms. The highest BCUT2D eigenvalue weighted by Crippen LogP contribution is 2.50. The van der Waals surface area contributed by atoms with Gasteiger partial charge in [-0.3, -0.25) is 4.79 Å². The smallest absolute Gasteiger partial charge is 0.309 e. The molecule has 76 valence electrons. The predicted molar refractivity (Wildman–Crippen MR) is 49.5 cm³/mol. The van der Waals surface area contributed by atoms with Crippen LogP contribution in [0.5, 0.6) is 0 Å².